The number of fused-ring (bicyclic) bond motifs is 6. The van der Waals surface area contributed by atoms with Crippen molar-refractivity contribution < 1.29 is 28.7 Å². The molecular formula is C46H54N8O6. The summed E-state index contributed by atoms with van der Waals surface area (Å²) in [5.74, 6) is 1.94. The molecule has 0 spiro atoms. The van der Waals surface area contributed by atoms with E-state index in [4.69, 9.17) is 19.4 Å². The van der Waals surface area contributed by atoms with Gasteiger partial charge < -0.3 is 34.6 Å². The van der Waals surface area contributed by atoms with Crippen LogP contribution in [0.4, 0.5) is 9.59 Å². The standard InChI is InChI=1S/C46H54N8O6/c1-23(2)37(51-45(57)59-6)43(55)53-31-15-12-29(19-31)40(53)42-48-33-17-14-28-18-27(13-16-32(28)38(33)50-42)25-8-10-26(11-9-25)34-22-47-41(49-34)36-21-30-20-35(30)54(36)44(56)39(24(3)4)52(5)46(58)60-7/h8-11,13-14,16-18,22-24,29-31,35-37,39-40H,12,15,19-21H2,1-7H3,(H,47,49)(H,48,50)(H,51,57)/t29-,30+,31+,35+,36-,37-,39-,40-/m0/s1. The summed E-state index contributed by atoms with van der Waals surface area (Å²) in [6.45, 7) is 7.77. The van der Waals surface area contributed by atoms with E-state index in [0.29, 0.717) is 11.8 Å². The van der Waals surface area contributed by atoms with Crippen LogP contribution in [0, 0.1) is 23.7 Å². The number of alkyl carbamates (subject to hydrolysis) is 1. The number of H-pyrrole nitrogens is 2. The molecule has 2 aliphatic carbocycles. The molecule has 2 saturated carbocycles. The Morgan fingerprint density at radius 2 is 1.55 bits per heavy atom. The van der Waals surface area contributed by atoms with E-state index in [9.17, 15) is 19.2 Å². The van der Waals surface area contributed by atoms with E-state index in [1.165, 1.54) is 19.1 Å². The largest absolute Gasteiger partial charge is 0.453 e. The highest BCUT2D eigenvalue weighted by atomic mass is 16.5. The van der Waals surface area contributed by atoms with Crippen molar-refractivity contribution in [3.63, 3.8) is 0 Å². The summed E-state index contributed by atoms with van der Waals surface area (Å²) in [6.07, 6.45) is 5.44. The van der Waals surface area contributed by atoms with Crippen LogP contribution in [-0.2, 0) is 19.1 Å². The summed E-state index contributed by atoms with van der Waals surface area (Å²) in [5, 5.41) is 4.87. The highest BCUT2D eigenvalue weighted by molar-refractivity contribution is 6.05. The Bertz CT molecular complexity index is 2480. The Kier molecular flexibility index (Phi) is 10.1. The zero-order valence-corrected chi connectivity index (χ0v) is 35.3. The number of amides is 4. The van der Waals surface area contributed by atoms with Gasteiger partial charge in [0.25, 0.3) is 0 Å². The molecule has 2 bridgehead atoms. The topological polar surface area (TPSA) is 166 Å². The number of carbonyl (C=O) groups is 4. The first kappa shape index (κ1) is 39.5. The molecule has 3 aromatic carbocycles. The number of aromatic nitrogens is 4. The van der Waals surface area contributed by atoms with E-state index in [2.05, 4.69) is 69.9 Å². The molecule has 4 fully saturated rings. The van der Waals surface area contributed by atoms with Gasteiger partial charge in [-0.2, -0.15) is 0 Å². The number of likely N-dealkylation sites (N-methyl/N-ethyl adjacent to an activating group) is 1. The minimum atomic E-state index is -0.689. The average molecular weight is 815 g/mol. The van der Waals surface area contributed by atoms with Gasteiger partial charge in [0.1, 0.15) is 23.7 Å². The lowest BCUT2D eigenvalue weighted by atomic mass is 9.95. The van der Waals surface area contributed by atoms with Gasteiger partial charge in [-0.3, -0.25) is 14.5 Å². The molecule has 14 nitrogen and oxygen atoms in total. The van der Waals surface area contributed by atoms with Crippen molar-refractivity contribution in [2.24, 2.45) is 23.7 Å². The zero-order chi connectivity index (χ0) is 42.1. The maximum absolute atomic E-state index is 14.1. The molecule has 8 atom stereocenters. The first-order chi connectivity index (χ1) is 28.9. The second-order valence-corrected chi connectivity index (χ2v) is 17.9. The second kappa shape index (κ2) is 15.3. The molecule has 314 valence electrons. The number of hydrogen-bond donors (Lipinski definition) is 3. The molecule has 9 rings (SSSR count). The van der Waals surface area contributed by atoms with Crippen molar-refractivity contribution in [2.75, 3.05) is 21.3 Å². The molecule has 2 aromatic heterocycles. The minimum absolute atomic E-state index is 0.0653. The number of carbonyl (C=O) groups excluding carboxylic acids is 4. The van der Waals surface area contributed by atoms with Crippen molar-refractivity contribution in [1.29, 1.82) is 0 Å². The number of nitrogens with one attached hydrogen (secondary N) is 3. The van der Waals surface area contributed by atoms with Gasteiger partial charge in [-0.05, 0) is 90.0 Å². The number of methoxy groups -OCH3 is 2. The fraction of sp³-hybridized carbons (Fsp3) is 0.478. The molecule has 4 aliphatic rings. The Hall–Kier alpha value is -5.92. The fourth-order valence-electron chi connectivity index (χ4n) is 10.5. The zero-order valence-electron chi connectivity index (χ0n) is 35.3. The van der Waals surface area contributed by atoms with Crippen LogP contribution in [0.1, 0.15) is 83.5 Å². The molecule has 2 aliphatic heterocycles. The molecule has 14 heteroatoms. The Morgan fingerprint density at radius 1 is 0.800 bits per heavy atom. The smallest absolute Gasteiger partial charge is 0.409 e. The van der Waals surface area contributed by atoms with Gasteiger partial charge in [0.15, 0.2) is 0 Å². The number of likely N-dealkylation sites (tertiary alicyclic amines) is 2. The van der Waals surface area contributed by atoms with E-state index in [1.54, 1.807) is 7.05 Å². The van der Waals surface area contributed by atoms with Crippen LogP contribution in [0.2, 0.25) is 0 Å². The number of hydrogen-bond acceptors (Lipinski definition) is 8. The molecule has 60 heavy (non-hydrogen) atoms. The van der Waals surface area contributed by atoms with Gasteiger partial charge in [-0.1, -0.05) is 70.2 Å². The number of ether oxygens (including phenoxy) is 2. The lowest BCUT2D eigenvalue weighted by Gasteiger charge is -2.37. The summed E-state index contributed by atoms with van der Waals surface area (Å²) >= 11 is 0. The first-order valence-corrected chi connectivity index (χ1v) is 21.2. The number of nitrogens with zero attached hydrogens (tertiary/aromatic N) is 5. The van der Waals surface area contributed by atoms with E-state index < -0.39 is 24.3 Å². The summed E-state index contributed by atoms with van der Waals surface area (Å²) in [6, 6.07) is 17.6. The van der Waals surface area contributed by atoms with Crippen LogP contribution in [-0.4, -0.2) is 104 Å². The predicted octanol–water partition coefficient (Wildman–Crippen LogP) is 7.59. The number of benzene rings is 3. The molecular weight excluding hydrogens is 761 g/mol. The van der Waals surface area contributed by atoms with Crippen molar-refractivity contribution in [1.82, 2.24) is 40.0 Å². The lowest BCUT2D eigenvalue weighted by Crippen LogP contribution is -2.54. The van der Waals surface area contributed by atoms with Crippen LogP contribution in [0.25, 0.3) is 44.2 Å². The highest BCUT2D eigenvalue weighted by Gasteiger charge is 2.57. The summed E-state index contributed by atoms with van der Waals surface area (Å²) in [4.78, 5) is 75.2. The molecule has 5 aromatic rings. The van der Waals surface area contributed by atoms with Crippen molar-refractivity contribution in [2.45, 2.75) is 96.1 Å². The summed E-state index contributed by atoms with van der Waals surface area (Å²) in [7, 11) is 4.27. The van der Waals surface area contributed by atoms with Crippen molar-refractivity contribution in [3.05, 3.63) is 72.4 Å². The molecule has 4 heterocycles. The summed E-state index contributed by atoms with van der Waals surface area (Å²) in [5.41, 5.74) is 5.81. The third-order valence-electron chi connectivity index (χ3n) is 13.6. The van der Waals surface area contributed by atoms with Crippen LogP contribution < -0.4 is 5.32 Å². The maximum atomic E-state index is 14.1. The SMILES string of the molecule is COC(=O)N[C@H](C(=O)N1[C@@H]2CC[C@@H](C2)[C@H]1c1nc2c(ccc3cc(-c4ccc(-c5cnc([C@@H]6C[C@H]7C[C@H]7N6C(=O)[C@H](C(C)C)N(C)C(=O)OC)[nH]5)cc4)ccc32)[nH]1)C(C)C. The number of imidazole rings is 2. The number of piperidine rings is 2. The predicted molar refractivity (Wildman–Crippen MR) is 226 cm³/mol. The number of rotatable bonds is 10. The van der Waals surface area contributed by atoms with Gasteiger partial charge in [0.05, 0.1) is 49.2 Å². The van der Waals surface area contributed by atoms with E-state index in [-0.39, 0.29) is 47.8 Å². The van der Waals surface area contributed by atoms with Crippen LogP contribution in [0.15, 0.2) is 60.8 Å². The van der Waals surface area contributed by atoms with Crippen molar-refractivity contribution in [3.8, 4) is 22.4 Å². The molecule has 3 N–H and O–H groups in total. The molecule has 0 unspecified atom stereocenters. The van der Waals surface area contributed by atoms with E-state index >= 15 is 0 Å². The third-order valence-corrected chi connectivity index (χ3v) is 13.6. The van der Waals surface area contributed by atoms with Gasteiger partial charge in [0.2, 0.25) is 11.8 Å². The third kappa shape index (κ3) is 6.73. The van der Waals surface area contributed by atoms with Gasteiger partial charge in [-0.25, -0.2) is 19.6 Å². The molecule has 2 saturated heterocycles. The van der Waals surface area contributed by atoms with Crippen molar-refractivity contribution >= 4 is 45.8 Å². The Morgan fingerprint density at radius 3 is 2.27 bits per heavy atom. The summed E-state index contributed by atoms with van der Waals surface area (Å²) < 4.78 is 9.80. The highest BCUT2D eigenvalue weighted by Crippen LogP contribution is 2.54. The Labute approximate surface area is 349 Å². The molecule has 0 radical (unpaired) electrons. The van der Waals surface area contributed by atoms with E-state index in [1.807, 2.05) is 43.7 Å². The molecule has 4 amide bonds. The number of aromatic amines is 2. The van der Waals surface area contributed by atoms with Gasteiger partial charge in [-0.15, -0.1) is 0 Å². The van der Waals surface area contributed by atoms with Gasteiger partial charge >= 0.3 is 12.2 Å². The quantitative estimate of drug-likeness (QED) is 0.130. The van der Waals surface area contributed by atoms with Crippen LogP contribution in [0.3, 0.4) is 0 Å². The maximum Gasteiger partial charge on any atom is 0.409 e. The second-order valence-electron chi connectivity index (χ2n) is 17.9. The first-order valence-electron chi connectivity index (χ1n) is 21.2. The monoisotopic (exact) mass is 814 g/mol. The van der Waals surface area contributed by atoms with Crippen LogP contribution in [0.5, 0.6) is 0 Å². The van der Waals surface area contributed by atoms with Gasteiger partial charge in [0, 0.05) is 24.5 Å². The minimum Gasteiger partial charge on any atom is -0.453 e. The average Bonchev–Trinajstić information content (AvgIpc) is 3.87. The normalized spacial score (nSPS) is 23.9. The Balaban J connectivity index is 0.933. The fourth-order valence-corrected chi connectivity index (χ4v) is 10.5. The lowest BCUT2D eigenvalue weighted by molar-refractivity contribution is -0.140. The van der Waals surface area contributed by atoms with Crippen LogP contribution >= 0.6 is 0 Å². The van der Waals surface area contributed by atoms with E-state index in [0.717, 1.165) is 87.9 Å².